The summed E-state index contributed by atoms with van der Waals surface area (Å²) in [5.74, 6) is -0.659. The zero-order valence-electron chi connectivity index (χ0n) is 10.9. The molecule has 1 rings (SSSR count). The number of nitrogens with two attached hydrogens (primary N) is 1. The first kappa shape index (κ1) is 16.6. The molecule has 0 saturated heterocycles. The average Bonchev–Trinajstić information content (AvgIpc) is 2.42. The molecule has 0 unspecified atom stereocenters. The molecule has 1 aromatic rings. The monoisotopic (exact) mass is 313 g/mol. The van der Waals surface area contributed by atoms with Gasteiger partial charge in [0.25, 0.3) is 0 Å². The molecule has 1 atom stereocenters. The van der Waals surface area contributed by atoms with E-state index < -0.39 is 12.0 Å². The number of aliphatic carboxylic acids is 1. The largest absolute Gasteiger partial charge is 0.481 e. The Balaban J connectivity index is 2.72. The highest BCUT2D eigenvalue weighted by Crippen LogP contribution is 2.18. The second-order valence-corrected chi connectivity index (χ2v) is 5.50. The molecule has 7 heteroatoms. The van der Waals surface area contributed by atoms with Crippen LogP contribution in [0.25, 0.3) is 0 Å². The molecule has 0 bridgehead atoms. The number of rotatable bonds is 6. The summed E-state index contributed by atoms with van der Waals surface area (Å²) in [6, 6.07) is 6.13. The summed E-state index contributed by atoms with van der Waals surface area (Å²) >= 11 is 6.30. The van der Waals surface area contributed by atoms with Crippen LogP contribution in [-0.4, -0.2) is 33.9 Å². The van der Waals surface area contributed by atoms with Crippen LogP contribution in [0.5, 0.6) is 0 Å². The number of thiocarbonyl (C=S) groups is 1. The first-order valence-corrected chi connectivity index (χ1v) is 7.18. The Morgan fingerprint density at radius 1 is 1.45 bits per heavy atom. The lowest BCUT2D eigenvalue weighted by molar-refractivity contribution is -0.139. The van der Waals surface area contributed by atoms with E-state index in [0.29, 0.717) is 11.3 Å². The summed E-state index contributed by atoms with van der Waals surface area (Å²) in [6.07, 6.45) is 0. The van der Waals surface area contributed by atoms with Crippen molar-refractivity contribution in [3.05, 3.63) is 35.4 Å². The van der Waals surface area contributed by atoms with Crippen molar-refractivity contribution in [2.45, 2.75) is 18.7 Å². The lowest BCUT2D eigenvalue weighted by atomic mass is 10.1. The van der Waals surface area contributed by atoms with Gasteiger partial charge in [-0.15, -0.1) is 0 Å². The highest BCUT2D eigenvalue weighted by Gasteiger charge is 2.15. The van der Waals surface area contributed by atoms with Gasteiger partial charge >= 0.3 is 5.97 Å². The van der Waals surface area contributed by atoms with Crippen LogP contribution in [0, 0.1) is 0 Å². The van der Waals surface area contributed by atoms with Crippen LogP contribution < -0.4 is 5.73 Å². The highest BCUT2D eigenvalue weighted by molar-refractivity contribution is 8.12. The summed E-state index contributed by atoms with van der Waals surface area (Å²) in [5, 5.41) is 8.87. The van der Waals surface area contributed by atoms with E-state index >= 15 is 0 Å². The molecule has 0 amide bonds. The Hall–Kier alpha value is -1.44. The maximum atomic E-state index is 11.0. The molecule has 20 heavy (non-hydrogen) atoms. The molecule has 1 aromatic carbocycles. The van der Waals surface area contributed by atoms with Gasteiger partial charge in [0, 0.05) is 18.2 Å². The Morgan fingerprint density at radius 3 is 2.70 bits per heavy atom. The van der Waals surface area contributed by atoms with Crippen LogP contribution in [0.15, 0.2) is 24.3 Å². The maximum Gasteiger partial charge on any atom is 0.324 e. The first-order valence-electron chi connectivity index (χ1n) is 5.78. The molecule has 108 valence electrons. The Kier molecular flexibility index (Phi) is 6.63. The minimum absolute atomic E-state index is 0.0135. The Bertz CT molecular complexity index is 519. The van der Waals surface area contributed by atoms with E-state index in [4.69, 9.17) is 27.8 Å². The third kappa shape index (κ3) is 5.28. The highest BCUT2D eigenvalue weighted by atomic mass is 32.2. The predicted molar refractivity (Wildman–Crippen MR) is 81.7 cm³/mol. The fourth-order valence-corrected chi connectivity index (χ4v) is 2.22. The molecule has 0 heterocycles. The number of carbonyl (C=O) groups excluding carboxylic acids is 1. The van der Waals surface area contributed by atoms with Gasteiger partial charge in [-0.25, -0.2) is 0 Å². The van der Waals surface area contributed by atoms with E-state index in [1.54, 1.807) is 12.1 Å². The van der Waals surface area contributed by atoms with Crippen molar-refractivity contribution >= 4 is 40.1 Å². The second-order valence-electron chi connectivity index (χ2n) is 3.98. The first-order chi connectivity index (χ1) is 9.41. The van der Waals surface area contributed by atoms with Gasteiger partial charge in [0.1, 0.15) is 12.6 Å². The molecule has 0 fully saturated rings. The molecule has 0 aliphatic rings. The molecule has 5 nitrogen and oxygen atoms in total. The standard InChI is InChI=1S/C13H15NO4S2/c1-8(15)20-7-9-4-2-3-5-10(9)13(19)18-6-11(14)12(16)17/h2-5,11H,6-7,14H2,1H3,(H,16,17)/t11-/m0/s1. The van der Waals surface area contributed by atoms with Crippen LogP contribution in [-0.2, 0) is 20.1 Å². The van der Waals surface area contributed by atoms with E-state index in [0.717, 1.165) is 5.56 Å². The summed E-state index contributed by atoms with van der Waals surface area (Å²) in [5.41, 5.74) is 6.88. The third-order valence-electron chi connectivity index (χ3n) is 2.38. The van der Waals surface area contributed by atoms with Crippen molar-refractivity contribution in [1.82, 2.24) is 0 Å². The van der Waals surface area contributed by atoms with Gasteiger partial charge in [0.2, 0.25) is 0 Å². The molecule has 0 aliphatic carbocycles. The lowest BCUT2D eigenvalue weighted by Gasteiger charge is -2.13. The summed E-state index contributed by atoms with van der Waals surface area (Å²) in [7, 11) is 0. The van der Waals surface area contributed by atoms with Crippen LogP contribution >= 0.6 is 24.0 Å². The number of hydrogen-bond donors (Lipinski definition) is 2. The van der Waals surface area contributed by atoms with Crippen LogP contribution in [0.4, 0.5) is 0 Å². The number of benzene rings is 1. The van der Waals surface area contributed by atoms with Crippen LogP contribution in [0.3, 0.4) is 0 Å². The molecule has 3 N–H and O–H groups in total. The maximum absolute atomic E-state index is 11.0. The molecule has 0 saturated carbocycles. The third-order valence-corrected chi connectivity index (χ3v) is 3.58. The van der Waals surface area contributed by atoms with Gasteiger partial charge < -0.3 is 15.6 Å². The van der Waals surface area contributed by atoms with Crippen molar-refractivity contribution in [1.29, 1.82) is 0 Å². The zero-order chi connectivity index (χ0) is 15.1. The normalized spacial score (nSPS) is 11.7. The van der Waals surface area contributed by atoms with Crippen molar-refractivity contribution in [2.24, 2.45) is 5.73 Å². The number of carbonyl (C=O) groups is 2. The SMILES string of the molecule is CC(=O)SCc1ccccc1C(=S)OC[C@H](N)C(=O)O. The zero-order valence-corrected chi connectivity index (χ0v) is 12.5. The predicted octanol–water partition coefficient (Wildman–Crippen LogP) is 1.57. The summed E-state index contributed by atoms with van der Waals surface area (Å²) in [6.45, 7) is 1.30. The number of carboxylic acids is 1. The minimum atomic E-state index is -1.15. The molecule has 0 radical (unpaired) electrons. The molecule has 0 aromatic heterocycles. The smallest absolute Gasteiger partial charge is 0.324 e. The number of hydrogen-bond acceptors (Lipinski definition) is 6. The minimum Gasteiger partial charge on any atom is -0.481 e. The number of ether oxygens (including phenoxy) is 1. The van der Waals surface area contributed by atoms with Crippen molar-refractivity contribution in [2.75, 3.05) is 6.61 Å². The van der Waals surface area contributed by atoms with Crippen LogP contribution in [0.1, 0.15) is 18.1 Å². The fraction of sp³-hybridized carbons (Fsp3) is 0.308. The summed E-state index contributed by atoms with van der Waals surface area (Å²) in [4.78, 5) is 21.6. The topological polar surface area (TPSA) is 89.6 Å². The van der Waals surface area contributed by atoms with Gasteiger partial charge in [0.05, 0.1) is 0 Å². The van der Waals surface area contributed by atoms with E-state index in [1.165, 1.54) is 18.7 Å². The van der Waals surface area contributed by atoms with Gasteiger partial charge in [-0.2, -0.15) is 0 Å². The second kappa shape index (κ2) is 7.98. The van der Waals surface area contributed by atoms with Gasteiger partial charge in [-0.05, 0) is 17.8 Å². The number of carboxylic acid groups (broad SMARTS) is 1. The van der Waals surface area contributed by atoms with Crippen molar-refractivity contribution in [3.63, 3.8) is 0 Å². The van der Waals surface area contributed by atoms with Crippen LogP contribution in [0.2, 0.25) is 0 Å². The van der Waals surface area contributed by atoms with E-state index in [2.05, 4.69) is 0 Å². The molecular weight excluding hydrogens is 298 g/mol. The van der Waals surface area contributed by atoms with E-state index in [-0.39, 0.29) is 16.8 Å². The van der Waals surface area contributed by atoms with E-state index in [1.807, 2.05) is 12.1 Å². The van der Waals surface area contributed by atoms with Gasteiger partial charge in [0.15, 0.2) is 10.2 Å². The van der Waals surface area contributed by atoms with Gasteiger partial charge in [-0.1, -0.05) is 36.0 Å². The number of thioether (sulfide) groups is 1. The molecule has 0 spiro atoms. The Labute approximate surface area is 126 Å². The average molecular weight is 313 g/mol. The quantitative estimate of drug-likeness (QED) is 0.770. The lowest BCUT2D eigenvalue weighted by Crippen LogP contribution is -2.35. The van der Waals surface area contributed by atoms with Crippen molar-refractivity contribution in [3.8, 4) is 0 Å². The summed E-state index contributed by atoms with van der Waals surface area (Å²) < 4.78 is 5.23. The Morgan fingerprint density at radius 2 is 2.10 bits per heavy atom. The van der Waals surface area contributed by atoms with Gasteiger partial charge in [-0.3, -0.25) is 9.59 Å². The fourth-order valence-electron chi connectivity index (χ4n) is 1.34. The molecule has 0 aliphatic heterocycles. The van der Waals surface area contributed by atoms with E-state index in [9.17, 15) is 9.59 Å². The van der Waals surface area contributed by atoms with Crippen molar-refractivity contribution < 1.29 is 19.4 Å². The molecular formula is C13H15NO4S2.